The molecule has 1 fully saturated rings. The highest BCUT2D eigenvalue weighted by Gasteiger charge is 2.27. The first kappa shape index (κ1) is 14.4. The molecular formula is C12H24N2O3. The van der Waals surface area contributed by atoms with Crippen LogP contribution in [0.4, 0.5) is 0 Å². The van der Waals surface area contributed by atoms with Crippen molar-refractivity contribution in [3.63, 3.8) is 0 Å². The van der Waals surface area contributed by atoms with Crippen molar-refractivity contribution in [2.45, 2.75) is 31.7 Å². The van der Waals surface area contributed by atoms with E-state index in [1.165, 1.54) is 0 Å². The summed E-state index contributed by atoms with van der Waals surface area (Å²) in [5.74, 6) is 0.168. The molecule has 5 nitrogen and oxygen atoms in total. The third kappa shape index (κ3) is 5.02. The number of rotatable bonds is 8. The predicted molar refractivity (Wildman–Crippen MR) is 65.8 cm³/mol. The number of carbonyl (C=O) groups is 1. The largest absolute Gasteiger partial charge is 0.396 e. The second-order valence-corrected chi connectivity index (χ2v) is 4.42. The molecule has 1 atom stereocenters. The summed E-state index contributed by atoms with van der Waals surface area (Å²) in [5, 5.41) is 11.9. The van der Waals surface area contributed by atoms with Gasteiger partial charge in [-0.1, -0.05) is 0 Å². The van der Waals surface area contributed by atoms with Crippen LogP contribution in [0.25, 0.3) is 0 Å². The van der Waals surface area contributed by atoms with E-state index in [1.807, 2.05) is 4.90 Å². The van der Waals surface area contributed by atoms with Crippen molar-refractivity contribution in [1.29, 1.82) is 0 Å². The third-order valence-corrected chi connectivity index (χ3v) is 3.15. The Morgan fingerprint density at radius 1 is 1.59 bits per heavy atom. The molecule has 1 rings (SSSR count). The summed E-state index contributed by atoms with van der Waals surface area (Å²) in [5.41, 5.74) is 0. The summed E-state index contributed by atoms with van der Waals surface area (Å²) in [7, 11) is 1.65. The summed E-state index contributed by atoms with van der Waals surface area (Å²) < 4.78 is 4.91. The first-order chi connectivity index (χ1) is 8.29. The third-order valence-electron chi connectivity index (χ3n) is 3.15. The van der Waals surface area contributed by atoms with Gasteiger partial charge >= 0.3 is 0 Å². The van der Waals surface area contributed by atoms with Gasteiger partial charge in [-0.25, -0.2) is 0 Å². The molecule has 0 aromatic heterocycles. The quantitative estimate of drug-likeness (QED) is 0.589. The van der Waals surface area contributed by atoms with Gasteiger partial charge in [0, 0.05) is 32.8 Å². The zero-order valence-electron chi connectivity index (χ0n) is 10.7. The molecule has 0 aliphatic carbocycles. The maximum absolute atomic E-state index is 11.9. The predicted octanol–water partition coefficient (Wildman–Crippen LogP) is -0.0141. The van der Waals surface area contributed by atoms with Gasteiger partial charge < -0.3 is 20.1 Å². The standard InChI is InChI=1S/C12H24N2O3/c1-17-9-6-13-10-12(16)14-7-2-4-11(14)5-3-8-15/h11,13,15H,2-10H2,1H3. The van der Waals surface area contributed by atoms with E-state index >= 15 is 0 Å². The molecule has 1 unspecified atom stereocenters. The highest BCUT2D eigenvalue weighted by atomic mass is 16.5. The van der Waals surface area contributed by atoms with Crippen molar-refractivity contribution in [1.82, 2.24) is 10.2 Å². The van der Waals surface area contributed by atoms with Crippen LogP contribution in [0.1, 0.15) is 25.7 Å². The Morgan fingerprint density at radius 2 is 2.41 bits per heavy atom. The molecule has 17 heavy (non-hydrogen) atoms. The summed E-state index contributed by atoms with van der Waals surface area (Å²) in [4.78, 5) is 13.9. The molecule has 1 aliphatic heterocycles. The highest BCUT2D eigenvalue weighted by molar-refractivity contribution is 5.78. The van der Waals surface area contributed by atoms with Crippen molar-refractivity contribution in [3.05, 3.63) is 0 Å². The molecule has 1 saturated heterocycles. The number of hydrogen-bond acceptors (Lipinski definition) is 4. The van der Waals surface area contributed by atoms with Gasteiger partial charge in [-0.2, -0.15) is 0 Å². The van der Waals surface area contributed by atoms with Crippen molar-refractivity contribution in [2.24, 2.45) is 0 Å². The average Bonchev–Trinajstić information content (AvgIpc) is 2.80. The van der Waals surface area contributed by atoms with Gasteiger partial charge in [-0.05, 0) is 25.7 Å². The maximum atomic E-state index is 11.9. The number of carbonyl (C=O) groups excluding carboxylic acids is 1. The van der Waals surface area contributed by atoms with E-state index in [0.717, 1.165) is 32.2 Å². The fourth-order valence-electron chi connectivity index (χ4n) is 2.26. The Kier molecular flexibility index (Phi) is 7.16. The van der Waals surface area contributed by atoms with Crippen LogP contribution >= 0.6 is 0 Å². The molecular weight excluding hydrogens is 220 g/mol. The lowest BCUT2D eigenvalue weighted by atomic mass is 10.1. The van der Waals surface area contributed by atoms with E-state index < -0.39 is 0 Å². The second-order valence-electron chi connectivity index (χ2n) is 4.42. The lowest BCUT2D eigenvalue weighted by Gasteiger charge is -2.24. The minimum Gasteiger partial charge on any atom is -0.396 e. The smallest absolute Gasteiger partial charge is 0.236 e. The normalized spacial score (nSPS) is 19.9. The summed E-state index contributed by atoms with van der Waals surface area (Å²) >= 11 is 0. The Balaban J connectivity index is 2.24. The van der Waals surface area contributed by atoms with Gasteiger partial charge in [0.15, 0.2) is 0 Å². The van der Waals surface area contributed by atoms with Gasteiger partial charge in [0.1, 0.15) is 0 Å². The SMILES string of the molecule is COCCNCC(=O)N1CCCC1CCCO. The summed E-state index contributed by atoms with van der Waals surface area (Å²) in [6, 6.07) is 0.332. The summed E-state index contributed by atoms with van der Waals surface area (Å²) in [6.07, 6.45) is 3.86. The molecule has 0 radical (unpaired) electrons. The van der Waals surface area contributed by atoms with Crippen molar-refractivity contribution in [2.75, 3.05) is 40.0 Å². The Morgan fingerprint density at radius 3 is 3.12 bits per heavy atom. The van der Waals surface area contributed by atoms with Crippen molar-refractivity contribution in [3.8, 4) is 0 Å². The lowest BCUT2D eigenvalue weighted by molar-refractivity contribution is -0.131. The molecule has 0 saturated carbocycles. The number of nitrogens with one attached hydrogen (secondary N) is 1. The van der Waals surface area contributed by atoms with Gasteiger partial charge in [0.05, 0.1) is 13.2 Å². The zero-order valence-corrected chi connectivity index (χ0v) is 10.7. The molecule has 0 aromatic rings. The fourth-order valence-corrected chi connectivity index (χ4v) is 2.26. The second kappa shape index (κ2) is 8.44. The number of nitrogens with zero attached hydrogens (tertiary/aromatic N) is 1. The van der Waals surface area contributed by atoms with Crippen LogP contribution in [0.2, 0.25) is 0 Å². The minimum atomic E-state index is 0.168. The van der Waals surface area contributed by atoms with Crippen LogP contribution in [-0.4, -0.2) is 61.9 Å². The average molecular weight is 244 g/mol. The molecule has 5 heteroatoms. The van der Waals surface area contributed by atoms with Crippen molar-refractivity contribution >= 4 is 5.91 Å². The van der Waals surface area contributed by atoms with Crippen LogP contribution in [0, 0.1) is 0 Å². The minimum absolute atomic E-state index is 0.168. The van der Waals surface area contributed by atoms with E-state index in [9.17, 15) is 4.79 Å². The van der Waals surface area contributed by atoms with Crippen LogP contribution in [-0.2, 0) is 9.53 Å². The van der Waals surface area contributed by atoms with Crippen LogP contribution in [0.15, 0.2) is 0 Å². The van der Waals surface area contributed by atoms with E-state index in [1.54, 1.807) is 7.11 Å². The number of methoxy groups -OCH3 is 1. The number of amides is 1. The van der Waals surface area contributed by atoms with Gasteiger partial charge in [-0.3, -0.25) is 4.79 Å². The summed E-state index contributed by atoms with van der Waals surface area (Å²) in [6.45, 7) is 2.79. The fraction of sp³-hybridized carbons (Fsp3) is 0.917. The van der Waals surface area contributed by atoms with Crippen LogP contribution < -0.4 is 5.32 Å². The van der Waals surface area contributed by atoms with Crippen LogP contribution in [0.5, 0.6) is 0 Å². The topological polar surface area (TPSA) is 61.8 Å². The zero-order chi connectivity index (χ0) is 12.5. The molecule has 2 N–H and O–H groups in total. The Hall–Kier alpha value is -0.650. The Labute approximate surface area is 103 Å². The number of hydrogen-bond donors (Lipinski definition) is 2. The Bertz CT molecular complexity index is 224. The van der Waals surface area contributed by atoms with Crippen LogP contribution in [0.3, 0.4) is 0 Å². The number of aliphatic hydroxyl groups is 1. The van der Waals surface area contributed by atoms with Gasteiger partial charge in [-0.15, -0.1) is 0 Å². The lowest BCUT2D eigenvalue weighted by Crippen LogP contribution is -2.41. The number of aliphatic hydroxyl groups excluding tert-OH is 1. The molecule has 0 aromatic carbocycles. The first-order valence-corrected chi connectivity index (χ1v) is 6.39. The van der Waals surface area contributed by atoms with E-state index in [-0.39, 0.29) is 12.5 Å². The van der Waals surface area contributed by atoms with E-state index in [4.69, 9.17) is 9.84 Å². The monoisotopic (exact) mass is 244 g/mol. The number of likely N-dealkylation sites (tertiary alicyclic amines) is 1. The van der Waals surface area contributed by atoms with Gasteiger partial charge in [0.2, 0.25) is 5.91 Å². The molecule has 0 spiro atoms. The van der Waals surface area contributed by atoms with E-state index in [0.29, 0.717) is 25.7 Å². The van der Waals surface area contributed by atoms with E-state index in [2.05, 4.69) is 5.32 Å². The maximum Gasteiger partial charge on any atom is 0.236 e. The first-order valence-electron chi connectivity index (χ1n) is 6.39. The number of ether oxygens (including phenoxy) is 1. The molecule has 1 aliphatic rings. The highest BCUT2D eigenvalue weighted by Crippen LogP contribution is 2.20. The van der Waals surface area contributed by atoms with Crippen molar-refractivity contribution < 1.29 is 14.6 Å². The molecule has 100 valence electrons. The molecule has 1 heterocycles. The molecule has 1 amide bonds. The molecule has 0 bridgehead atoms. The van der Waals surface area contributed by atoms with Gasteiger partial charge in [0.25, 0.3) is 0 Å².